The van der Waals surface area contributed by atoms with Gasteiger partial charge in [0.25, 0.3) is 0 Å². The van der Waals surface area contributed by atoms with E-state index in [0.717, 1.165) is 32.3 Å². The van der Waals surface area contributed by atoms with Crippen LogP contribution >= 0.6 is 0 Å². The predicted molar refractivity (Wildman–Crippen MR) is 68.7 cm³/mol. The smallest absolute Gasteiger partial charge is 0.119 e. The molecule has 2 nitrogen and oxygen atoms in total. The molecule has 0 saturated carbocycles. The minimum Gasteiger partial charge on any atom is -0.381 e. The summed E-state index contributed by atoms with van der Waals surface area (Å²) in [5.41, 5.74) is 0. The number of unbranched alkanes of at least 4 members (excludes halogenated alkanes) is 8. The van der Waals surface area contributed by atoms with E-state index in [-0.39, 0.29) is 0 Å². The van der Waals surface area contributed by atoms with Gasteiger partial charge >= 0.3 is 0 Å². The maximum Gasteiger partial charge on any atom is 0.119 e. The fraction of sp³-hybridized carbons (Fsp3) is 0.929. The van der Waals surface area contributed by atoms with Gasteiger partial charge in [-0.05, 0) is 19.3 Å². The molecule has 2 heteroatoms. The van der Waals surface area contributed by atoms with E-state index in [2.05, 4.69) is 6.92 Å². The average molecular weight is 228 g/mol. The molecule has 0 aliphatic heterocycles. The molecular weight excluding hydrogens is 200 g/mol. The van der Waals surface area contributed by atoms with E-state index < -0.39 is 0 Å². The van der Waals surface area contributed by atoms with E-state index in [1.54, 1.807) is 0 Å². The number of carbonyl (C=O) groups is 1. The Hall–Kier alpha value is -0.370. The fourth-order valence-electron chi connectivity index (χ4n) is 1.70. The maximum atomic E-state index is 10.1. The summed E-state index contributed by atoms with van der Waals surface area (Å²) < 4.78 is 5.55. The normalized spacial score (nSPS) is 10.6. The van der Waals surface area contributed by atoms with E-state index in [4.69, 9.17) is 4.74 Å². The molecule has 0 aromatic heterocycles. The second-order valence-corrected chi connectivity index (χ2v) is 4.40. The molecule has 0 saturated heterocycles. The number of aldehydes is 1. The molecule has 0 amide bonds. The van der Waals surface area contributed by atoms with Crippen LogP contribution in [0.2, 0.25) is 0 Å². The zero-order chi connectivity index (χ0) is 11.9. The molecule has 0 N–H and O–H groups in total. The summed E-state index contributed by atoms with van der Waals surface area (Å²) in [6, 6.07) is 0. The lowest BCUT2D eigenvalue weighted by atomic mass is 10.1. The molecular formula is C14H28O2. The van der Waals surface area contributed by atoms with Gasteiger partial charge in [-0.2, -0.15) is 0 Å². The Labute approximate surface area is 101 Å². The molecule has 0 aromatic carbocycles. The van der Waals surface area contributed by atoms with Crippen molar-refractivity contribution in [2.24, 2.45) is 0 Å². The molecule has 0 unspecified atom stereocenters. The van der Waals surface area contributed by atoms with Crippen molar-refractivity contribution < 1.29 is 9.53 Å². The Balaban J connectivity index is 2.85. The van der Waals surface area contributed by atoms with Crippen LogP contribution in [0.1, 0.15) is 71.1 Å². The predicted octanol–water partition coefficient (Wildman–Crippen LogP) is 4.12. The topological polar surface area (TPSA) is 26.3 Å². The largest absolute Gasteiger partial charge is 0.381 e. The van der Waals surface area contributed by atoms with Crippen molar-refractivity contribution in [2.45, 2.75) is 71.1 Å². The van der Waals surface area contributed by atoms with Gasteiger partial charge in [-0.15, -0.1) is 0 Å². The van der Waals surface area contributed by atoms with Crippen molar-refractivity contribution in [3.63, 3.8) is 0 Å². The van der Waals surface area contributed by atoms with Gasteiger partial charge < -0.3 is 9.53 Å². The second-order valence-electron chi connectivity index (χ2n) is 4.40. The summed E-state index contributed by atoms with van der Waals surface area (Å²) >= 11 is 0. The van der Waals surface area contributed by atoms with Gasteiger partial charge in [0, 0.05) is 19.6 Å². The third-order valence-corrected chi connectivity index (χ3v) is 2.75. The van der Waals surface area contributed by atoms with Crippen LogP contribution < -0.4 is 0 Å². The fourth-order valence-corrected chi connectivity index (χ4v) is 1.70. The first kappa shape index (κ1) is 15.6. The summed E-state index contributed by atoms with van der Waals surface area (Å²) in [6.07, 6.45) is 12.8. The van der Waals surface area contributed by atoms with Crippen LogP contribution in [0.4, 0.5) is 0 Å². The van der Waals surface area contributed by atoms with Crippen LogP contribution in [0.3, 0.4) is 0 Å². The molecule has 0 aromatic rings. The molecule has 0 bridgehead atoms. The van der Waals surface area contributed by atoms with Crippen LogP contribution in [-0.4, -0.2) is 19.5 Å². The van der Waals surface area contributed by atoms with E-state index in [1.807, 2.05) is 0 Å². The van der Waals surface area contributed by atoms with E-state index in [1.165, 1.54) is 51.4 Å². The molecule has 0 aliphatic carbocycles. The molecule has 0 heterocycles. The lowest BCUT2D eigenvalue weighted by molar-refractivity contribution is -0.107. The van der Waals surface area contributed by atoms with Gasteiger partial charge in [0.15, 0.2) is 0 Å². The third kappa shape index (κ3) is 13.6. The van der Waals surface area contributed by atoms with Crippen LogP contribution in [-0.2, 0) is 9.53 Å². The van der Waals surface area contributed by atoms with Gasteiger partial charge in [0.05, 0.1) is 0 Å². The minimum atomic E-state index is 0.730. The first-order valence-corrected chi connectivity index (χ1v) is 6.93. The van der Waals surface area contributed by atoms with Gasteiger partial charge in [0.1, 0.15) is 6.29 Å². The highest BCUT2D eigenvalue weighted by atomic mass is 16.5. The summed E-state index contributed by atoms with van der Waals surface area (Å²) in [6.45, 7) is 4.08. The van der Waals surface area contributed by atoms with Crippen molar-refractivity contribution in [1.29, 1.82) is 0 Å². The van der Waals surface area contributed by atoms with Crippen molar-refractivity contribution in [3.05, 3.63) is 0 Å². The van der Waals surface area contributed by atoms with Crippen molar-refractivity contribution >= 4 is 6.29 Å². The van der Waals surface area contributed by atoms with Gasteiger partial charge in [-0.25, -0.2) is 0 Å². The van der Waals surface area contributed by atoms with E-state index in [0.29, 0.717) is 0 Å². The number of carbonyl (C=O) groups excluding carboxylic acids is 1. The standard InChI is InChI=1S/C14H28O2/c1-2-3-4-10-13-16-14-11-8-6-5-7-9-12-15/h12H,2-11,13-14H2,1H3. The highest BCUT2D eigenvalue weighted by molar-refractivity contribution is 5.48. The van der Waals surface area contributed by atoms with Crippen LogP contribution in [0, 0.1) is 0 Å². The van der Waals surface area contributed by atoms with Crippen molar-refractivity contribution in [2.75, 3.05) is 13.2 Å². The Morgan fingerprint density at radius 2 is 1.38 bits per heavy atom. The van der Waals surface area contributed by atoms with Crippen LogP contribution in [0.15, 0.2) is 0 Å². The van der Waals surface area contributed by atoms with E-state index in [9.17, 15) is 4.79 Å². The number of rotatable bonds is 13. The molecule has 16 heavy (non-hydrogen) atoms. The van der Waals surface area contributed by atoms with Gasteiger partial charge in [-0.3, -0.25) is 0 Å². The Kier molecular flexibility index (Phi) is 14.3. The lowest BCUT2D eigenvalue weighted by Crippen LogP contribution is -1.97. The molecule has 0 spiro atoms. The van der Waals surface area contributed by atoms with E-state index >= 15 is 0 Å². The SMILES string of the molecule is CCCCCCOCCCCCCCC=O. The Morgan fingerprint density at radius 1 is 0.812 bits per heavy atom. The second kappa shape index (κ2) is 14.6. The monoisotopic (exact) mass is 228 g/mol. The van der Waals surface area contributed by atoms with Crippen LogP contribution in [0.5, 0.6) is 0 Å². The summed E-state index contributed by atoms with van der Waals surface area (Å²) in [5.74, 6) is 0. The lowest BCUT2D eigenvalue weighted by Gasteiger charge is -2.03. The van der Waals surface area contributed by atoms with Crippen molar-refractivity contribution in [3.8, 4) is 0 Å². The maximum absolute atomic E-state index is 10.1. The number of ether oxygens (including phenoxy) is 1. The quantitative estimate of drug-likeness (QED) is 0.350. The average Bonchev–Trinajstić information content (AvgIpc) is 2.31. The first-order valence-electron chi connectivity index (χ1n) is 6.93. The molecule has 0 atom stereocenters. The Morgan fingerprint density at radius 3 is 2.00 bits per heavy atom. The molecule has 0 aliphatic rings. The highest BCUT2D eigenvalue weighted by Crippen LogP contribution is 2.05. The number of hydrogen-bond acceptors (Lipinski definition) is 2. The Bertz CT molecular complexity index is 135. The molecule has 0 rings (SSSR count). The van der Waals surface area contributed by atoms with Crippen molar-refractivity contribution in [1.82, 2.24) is 0 Å². The summed E-state index contributed by atoms with van der Waals surface area (Å²) in [5, 5.41) is 0. The van der Waals surface area contributed by atoms with Gasteiger partial charge in [0.2, 0.25) is 0 Å². The van der Waals surface area contributed by atoms with Gasteiger partial charge in [-0.1, -0.05) is 45.4 Å². The molecule has 0 radical (unpaired) electrons. The number of hydrogen-bond donors (Lipinski definition) is 0. The summed E-state index contributed by atoms with van der Waals surface area (Å²) in [7, 11) is 0. The molecule has 96 valence electrons. The summed E-state index contributed by atoms with van der Waals surface area (Å²) in [4.78, 5) is 10.1. The zero-order valence-corrected chi connectivity index (χ0v) is 10.9. The first-order chi connectivity index (χ1) is 7.91. The zero-order valence-electron chi connectivity index (χ0n) is 10.9. The highest BCUT2D eigenvalue weighted by Gasteiger charge is 1.92. The van der Waals surface area contributed by atoms with Crippen LogP contribution in [0.25, 0.3) is 0 Å². The minimum absolute atomic E-state index is 0.730. The third-order valence-electron chi connectivity index (χ3n) is 2.75. The molecule has 0 fully saturated rings.